The van der Waals surface area contributed by atoms with E-state index in [0.29, 0.717) is 6.61 Å². The third-order valence-electron chi connectivity index (χ3n) is 2.01. The number of rotatable bonds is 2. The van der Waals surface area contributed by atoms with Crippen LogP contribution in [0.3, 0.4) is 0 Å². The zero-order valence-corrected chi connectivity index (χ0v) is 7.81. The Morgan fingerprint density at radius 1 is 1.64 bits per heavy atom. The first-order chi connectivity index (χ1) is 5.22. The molecule has 1 fully saturated rings. The lowest BCUT2D eigenvalue weighted by atomic mass is 10.2. The summed E-state index contributed by atoms with van der Waals surface area (Å²) in [5, 5.41) is 3.15. The van der Waals surface area contributed by atoms with Gasteiger partial charge in [0.05, 0.1) is 12.7 Å². The van der Waals surface area contributed by atoms with Crippen molar-refractivity contribution in [3.8, 4) is 0 Å². The van der Waals surface area contributed by atoms with Crippen LogP contribution in [0, 0.1) is 0 Å². The molecule has 1 aliphatic heterocycles. The van der Waals surface area contributed by atoms with Gasteiger partial charge in [-0.3, -0.25) is 0 Å². The van der Waals surface area contributed by atoms with Crippen LogP contribution in [0.25, 0.3) is 0 Å². The molecule has 4 nitrogen and oxygen atoms in total. The van der Waals surface area contributed by atoms with Crippen LogP contribution < -0.4 is 5.32 Å². The first-order valence-corrected chi connectivity index (χ1v) is 5.60. The molecule has 2 atom stereocenters. The van der Waals surface area contributed by atoms with Crippen molar-refractivity contribution in [2.24, 2.45) is 0 Å². The molecular weight excluding hydrogens is 162 g/mol. The van der Waals surface area contributed by atoms with Crippen LogP contribution in [0.2, 0.25) is 5.54 Å². The molecule has 1 rings (SSSR count). The van der Waals surface area contributed by atoms with Gasteiger partial charge in [-0.2, -0.15) is 0 Å². The summed E-state index contributed by atoms with van der Waals surface area (Å²) in [7, 11) is -2.50. The number of ether oxygens (including phenoxy) is 1. The Balaban J connectivity index is 2.32. The molecule has 66 valence electrons. The largest absolute Gasteiger partial charge is 0.413 e. The Morgan fingerprint density at radius 3 is 2.82 bits per heavy atom. The summed E-state index contributed by atoms with van der Waals surface area (Å²) in [4.78, 5) is 17.9. The van der Waals surface area contributed by atoms with E-state index in [-0.39, 0.29) is 11.6 Å². The monoisotopic (exact) mass is 177 g/mol. The highest BCUT2D eigenvalue weighted by molar-refractivity contribution is 6.43. The summed E-state index contributed by atoms with van der Waals surface area (Å²) in [6.45, 7) is 4.11. The van der Waals surface area contributed by atoms with Crippen LogP contribution in [-0.2, 0) is 4.74 Å². The molecule has 0 bridgehead atoms. The van der Waals surface area contributed by atoms with E-state index in [1.807, 2.05) is 6.92 Å². The second kappa shape index (κ2) is 4.17. The van der Waals surface area contributed by atoms with E-state index in [1.165, 1.54) is 0 Å². The lowest BCUT2D eigenvalue weighted by Crippen LogP contribution is -2.44. The van der Waals surface area contributed by atoms with Crippen LogP contribution >= 0.6 is 0 Å². The molecule has 0 spiro atoms. The Morgan fingerprint density at radius 2 is 2.36 bits per heavy atom. The minimum Gasteiger partial charge on any atom is -0.413 e. The van der Waals surface area contributed by atoms with Gasteiger partial charge in [0.2, 0.25) is 0 Å². The van der Waals surface area contributed by atoms with Crippen molar-refractivity contribution in [2.75, 3.05) is 19.7 Å². The van der Waals surface area contributed by atoms with Gasteiger partial charge in [-0.05, 0) is 0 Å². The molecule has 0 aromatic carbocycles. The predicted octanol–water partition coefficient (Wildman–Crippen LogP) is -1.43. The maximum atomic E-state index is 8.96. The lowest BCUT2D eigenvalue weighted by molar-refractivity contribution is 0.0214. The average Bonchev–Trinajstić information content (AvgIpc) is 2.05. The average molecular weight is 177 g/mol. The highest BCUT2D eigenvalue weighted by atomic mass is 28.3. The first kappa shape index (κ1) is 9.15. The molecule has 0 radical (unpaired) electrons. The molecule has 1 saturated heterocycles. The molecule has 1 heterocycles. The van der Waals surface area contributed by atoms with E-state index in [0.717, 1.165) is 13.1 Å². The molecule has 1 aliphatic rings. The van der Waals surface area contributed by atoms with Gasteiger partial charge in [0, 0.05) is 18.6 Å². The van der Waals surface area contributed by atoms with E-state index in [1.54, 1.807) is 0 Å². The Labute approximate surface area is 68.0 Å². The van der Waals surface area contributed by atoms with E-state index in [2.05, 4.69) is 5.32 Å². The Hall–Kier alpha value is 0.0569. The van der Waals surface area contributed by atoms with Gasteiger partial charge in [0.1, 0.15) is 0 Å². The molecule has 5 heteroatoms. The number of hydrogen-bond acceptors (Lipinski definition) is 4. The summed E-state index contributed by atoms with van der Waals surface area (Å²) in [5.74, 6) is 0. The van der Waals surface area contributed by atoms with Gasteiger partial charge in [0.25, 0.3) is 0 Å². The van der Waals surface area contributed by atoms with Gasteiger partial charge in [0.15, 0.2) is 0 Å². The van der Waals surface area contributed by atoms with E-state index in [4.69, 9.17) is 14.3 Å². The van der Waals surface area contributed by atoms with Crippen molar-refractivity contribution in [3.05, 3.63) is 0 Å². The number of morpholine rings is 1. The fraction of sp³-hybridized carbons (Fsp3) is 1.00. The fourth-order valence-electron chi connectivity index (χ4n) is 1.12. The van der Waals surface area contributed by atoms with Crippen molar-refractivity contribution in [3.63, 3.8) is 0 Å². The van der Waals surface area contributed by atoms with Crippen LogP contribution in [0.15, 0.2) is 0 Å². The topological polar surface area (TPSA) is 61.7 Å². The minimum absolute atomic E-state index is 0.00424. The summed E-state index contributed by atoms with van der Waals surface area (Å²) < 4.78 is 5.35. The van der Waals surface area contributed by atoms with Crippen molar-refractivity contribution < 1.29 is 14.3 Å². The molecule has 0 aromatic heterocycles. The van der Waals surface area contributed by atoms with Gasteiger partial charge in [-0.1, -0.05) is 6.92 Å². The highest BCUT2D eigenvalue weighted by Crippen LogP contribution is 2.15. The Bertz CT molecular complexity index is 116. The first-order valence-electron chi connectivity index (χ1n) is 3.90. The second-order valence-corrected chi connectivity index (χ2v) is 4.76. The molecular formula is C6H15NO3Si. The maximum Gasteiger partial charge on any atom is 0.321 e. The van der Waals surface area contributed by atoms with Gasteiger partial charge >= 0.3 is 9.28 Å². The van der Waals surface area contributed by atoms with Crippen molar-refractivity contribution in [1.29, 1.82) is 0 Å². The van der Waals surface area contributed by atoms with Gasteiger partial charge in [-0.25, -0.2) is 0 Å². The van der Waals surface area contributed by atoms with Gasteiger partial charge < -0.3 is 19.6 Å². The van der Waals surface area contributed by atoms with E-state index < -0.39 is 9.28 Å². The third-order valence-corrected chi connectivity index (χ3v) is 3.38. The predicted molar refractivity (Wildman–Crippen MR) is 43.6 cm³/mol. The van der Waals surface area contributed by atoms with Crippen LogP contribution in [0.5, 0.6) is 0 Å². The zero-order valence-electron chi connectivity index (χ0n) is 6.66. The van der Waals surface area contributed by atoms with Crippen molar-refractivity contribution in [2.45, 2.75) is 18.6 Å². The normalized spacial score (nSPS) is 28.9. The number of nitrogens with one attached hydrogen (secondary N) is 1. The molecule has 0 aromatic rings. The lowest BCUT2D eigenvalue weighted by Gasteiger charge is -2.28. The van der Waals surface area contributed by atoms with Crippen molar-refractivity contribution >= 4 is 9.28 Å². The molecule has 0 aliphatic carbocycles. The highest BCUT2D eigenvalue weighted by Gasteiger charge is 2.26. The molecule has 0 amide bonds. The fourth-order valence-corrected chi connectivity index (χ4v) is 1.75. The molecule has 11 heavy (non-hydrogen) atoms. The summed E-state index contributed by atoms with van der Waals surface area (Å²) in [6, 6.07) is 0. The number of hydrogen-bond donors (Lipinski definition) is 3. The smallest absolute Gasteiger partial charge is 0.321 e. The minimum atomic E-state index is -2.50. The standard InChI is InChI=1S/C6H15NO3Si/c1-5(11(8)9)6-4-7-2-3-10-6/h5-9,11H,2-4H2,1H3. The maximum absolute atomic E-state index is 8.96. The van der Waals surface area contributed by atoms with Crippen LogP contribution in [0.4, 0.5) is 0 Å². The van der Waals surface area contributed by atoms with E-state index >= 15 is 0 Å². The summed E-state index contributed by atoms with van der Waals surface area (Å²) in [6.07, 6.45) is -0.00424. The van der Waals surface area contributed by atoms with Crippen LogP contribution in [0.1, 0.15) is 6.92 Å². The van der Waals surface area contributed by atoms with Crippen molar-refractivity contribution in [1.82, 2.24) is 5.32 Å². The Kier molecular flexibility index (Phi) is 3.47. The molecule has 2 unspecified atom stereocenters. The van der Waals surface area contributed by atoms with E-state index in [9.17, 15) is 0 Å². The SMILES string of the molecule is CC(C1CNCCO1)[SiH](O)O. The second-order valence-electron chi connectivity index (χ2n) is 2.89. The summed E-state index contributed by atoms with van der Waals surface area (Å²) >= 11 is 0. The third kappa shape index (κ3) is 2.53. The zero-order chi connectivity index (χ0) is 8.27. The molecule has 3 N–H and O–H groups in total. The molecule has 0 saturated carbocycles. The quantitative estimate of drug-likeness (QED) is 0.453. The summed E-state index contributed by atoms with van der Waals surface area (Å²) in [5.41, 5.74) is -0.0807. The van der Waals surface area contributed by atoms with Gasteiger partial charge in [-0.15, -0.1) is 0 Å². The van der Waals surface area contributed by atoms with Crippen LogP contribution in [-0.4, -0.2) is 44.7 Å².